The molecule has 0 aromatic heterocycles. The van der Waals surface area contributed by atoms with Crippen LogP contribution in [0.2, 0.25) is 0 Å². The van der Waals surface area contributed by atoms with E-state index < -0.39 is 0 Å². The molecule has 0 unspecified atom stereocenters. The quantitative estimate of drug-likeness (QED) is 0.698. The van der Waals surface area contributed by atoms with Crippen LogP contribution in [0, 0.1) is 0 Å². The van der Waals surface area contributed by atoms with Gasteiger partial charge in [0.2, 0.25) is 0 Å². The Labute approximate surface area is 91.2 Å². The molecule has 0 heterocycles. The number of hydrogen-bond acceptors (Lipinski definition) is 3. The van der Waals surface area contributed by atoms with Crippen molar-refractivity contribution in [2.24, 2.45) is 5.73 Å². The molecule has 0 bridgehead atoms. The highest BCUT2D eigenvalue weighted by Crippen LogP contribution is 2.12. The zero-order chi connectivity index (χ0) is 10.9. The van der Waals surface area contributed by atoms with Gasteiger partial charge < -0.3 is 15.2 Å². The van der Waals surface area contributed by atoms with Gasteiger partial charge in [-0.05, 0) is 24.6 Å². The molecule has 0 radical (unpaired) electrons. The Kier molecular flexibility index (Phi) is 5.81. The van der Waals surface area contributed by atoms with Crippen LogP contribution in [-0.4, -0.2) is 19.8 Å². The normalized spacial score (nSPS) is 10.3. The Hall–Kier alpha value is -1.06. The summed E-state index contributed by atoms with van der Waals surface area (Å²) in [6.07, 6.45) is 0.917. The SMILES string of the molecule is CCOCCCOc1cccc(CN)c1. The molecule has 0 spiro atoms. The number of ether oxygens (including phenoxy) is 2. The van der Waals surface area contributed by atoms with E-state index in [0.29, 0.717) is 13.2 Å². The van der Waals surface area contributed by atoms with Crippen molar-refractivity contribution in [2.45, 2.75) is 19.9 Å². The predicted octanol–water partition coefficient (Wildman–Crippen LogP) is 1.95. The summed E-state index contributed by atoms with van der Waals surface area (Å²) in [6.45, 7) is 4.76. The molecular weight excluding hydrogens is 190 g/mol. The Morgan fingerprint density at radius 2 is 2.13 bits per heavy atom. The molecule has 0 atom stereocenters. The van der Waals surface area contributed by atoms with Crippen LogP contribution >= 0.6 is 0 Å². The molecule has 0 aliphatic rings. The molecule has 0 aliphatic heterocycles. The fourth-order valence-electron chi connectivity index (χ4n) is 1.26. The van der Waals surface area contributed by atoms with Crippen LogP contribution in [0.3, 0.4) is 0 Å². The van der Waals surface area contributed by atoms with Gasteiger partial charge in [-0.25, -0.2) is 0 Å². The molecule has 3 nitrogen and oxygen atoms in total. The van der Waals surface area contributed by atoms with Gasteiger partial charge in [-0.1, -0.05) is 12.1 Å². The lowest BCUT2D eigenvalue weighted by Gasteiger charge is -2.07. The third-order valence-corrected chi connectivity index (χ3v) is 2.04. The van der Waals surface area contributed by atoms with E-state index in [1.54, 1.807) is 0 Å². The number of hydrogen-bond donors (Lipinski definition) is 1. The molecule has 2 N–H and O–H groups in total. The van der Waals surface area contributed by atoms with Crippen molar-refractivity contribution in [3.05, 3.63) is 29.8 Å². The predicted molar refractivity (Wildman–Crippen MR) is 60.9 cm³/mol. The van der Waals surface area contributed by atoms with Gasteiger partial charge >= 0.3 is 0 Å². The van der Waals surface area contributed by atoms with Gasteiger partial charge in [0.05, 0.1) is 6.61 Å². The molecule has 1 aromatic rings. The fraction of sp³-hybridized carbons (Fsp3) is 0.500. The highest BCUT2D eigenvalue weighted by molar-refractivity contribution is 5.28. The summed E-state index contributed by atoms with van der Waals surface area (Å²) < 4.78 is 10.8. The first kappa shape index (κ1) is 12.0. The Balaban J connectivity index is 2.24. The smallest absolute Gasteiger partial charge is 0.119 e. The second-order valence-electron chi connectivity index (χ2n) is 3.25. The van der Waals surface area contributed by atoms with E-state index in [1.165, 1.54) is 0 Å². The third kappa shape index (κ3) is 4.81. The lowest BCUT2D eigenvalue weighted by Crippen LogP contribution is -2.03. The van der Waals surface area contributed by atoms with Gasteiger partial charge in [0, 0.05) is 26.2 Å². The largest absolute Gasteiger partial charge is 0.493 e. The maximum Gasteiger partial charge on any atom is 0.119 e. The average Bonchev–Trinajstić information content (AvgIpc) is 2.29. The summed E-state index contributed by atoms with van der Waals surface area (Å²) in [6, 6.07) is 7.87. The monoisotopic (exact) mass is 209 g/mol. The first-order valence-electron chi connectivity index (χ1n) is 5.36. The lowest BCUT2D eigenvalue weighted by atomic mass is 10.2. The summed E-state index contributed by atoms with van der Waals surface area (Å²) in [7, 11) is 0. The molecule has 1 aromatic carbocycles. The summed E-state index contributed by atoms with van der Waals surface area (Å²) in [5, 5.41) is 0. The van der Waals surface area contributed by atoms with Crippen molar-refractivity contribution in [1.82, 2.24) is 0 Å². The van der Waals surface area contributed by atoms with Crippen LogP contribution in [0.1, 0.15) is 18.9 Å². The first-order chi connectivity index (χ1) is 7.36. The molecule has 0 fully saturated rings. The Morgan fingerprint density at radius 1 is 1.27 bits per heavy atom. The van der Waals surface area contributed by atoms with Crippen LogP contribution < -0.4 is 10.5 Å². The lowest BCUT2D eigenvalue weighted by molar-refractivity contribution is 0.131. The maximum absolute atomic E-state index is 5.56. The summed E-state index contributed by atoms with van der Waals surface area (Å²) >= 11 is 0. The zero-order valence-electron chi connectivity index (χ0n) is 9.24. The van der Waals surface area contributed by atoms with E-state index in [0.717, 1.165) is 30.9 Å². The molecule has 0 amide bonds. The van der Waals surface area contributed by atoms with Crippen LogP contribution in [0.4, 0.5) is 0 Å². The van der Waals surface area contributed by atoms with E-state index in [2.05, 4.69) is 0 Å². The van der Waals surface area contributed by atoms with Gasteiger partial charge in [0.15, 0.2) is 0 Å². The van der Waals surface area contributed by atoms with Crippen molar-refractivity contribution in [2.75, 3.05) is 19.8 Å². The summed E-state index contributed by atoms with van der Waals surface area (Å²) in [5.41, 5.74) is 6.63. The minimum absolute atomic E-state index is 0.552. The maximum atomic E-state index is 5.56. The van der Waals surface area contributed by atoms with Gasteiger partial charge in [-0.15, -0.1) is 0 Å². The molecule has 0 saturated heterocycles. The summed E-state index contributed by atoms with van der Waals surface area (Å²) in [4.78, 5) is 0. The number of nitrogens with two attached hydrogens (primary N) is 1. The molecule has 3 heteroatoms. The van der Waals surface area contributed by atoms with E-state index in [4.69, 9.17) is 15.2 Å². The zero-order valence-corrected chi connectivity index (χ0v) is 9.24. The highest BCUT2D eigenvalue weighted by atomic mass is 16.5. The molecule has 0 saturated carbocycles. The van der Waals surface area contributed by atoms with E-state index in [9.17, 15) is 0 Å². The first-order valence-corrected chi connectivity index (χ1v) is 5.36. The van der Waals surface area contributed by atoms with Crippen LogP contribution in [0.5, 0.6) is 5.75 Å². The molecule has 0 aliphatic carbocycles. The van der Waals surface area contributed by atoms with Gasteiger partial charge in [0.25, 0.3) is 0 Å². The Bertz CT molecular complexity index is 276. The second-order valence-corrected chi connectivity index (χ2v) is 3.25. The van der Waals surface area contributed by atoms with Crippen molar-refractivity contribution >= 4 is 0 Å². The van der Waals surface area contributed by atoms with Crippen molar-refractivity contribution < 1.29 is 9.47 Å². The standard InChI is InChI=1S/C12H19NO2/c1-2-14-7-4-8-15-12-6-3-5-11(9-12)10-13/h3,5-6,9H,2,4,7-8,10,13H2,1H3. The molecular formula is C12H19NO2. The fourth-order valence-corrected chi connectivity index (χ4v) is 1.26. The number of rotatable bonds is 7. The molecule has 15 heavy (non-hydrogen) atoms. The Morgan fingerprint density at radius 3 is 2.87 bits per heavy atom. The highest BCUT2D eigenvalue weighted by Gasteiger charge is 1.95. The molecule has 84 valence electrons. The van der Waals surface area contributed by atoms with E-state index in [1.807, 2.05) is 31.2 Å². The van der Waals surface area contributed by atoms with Gasteiger partial charge in [-0.2, -0.15) is 0 Å². The van der Waals surface area contributed by atoms with Crippen molar-refractivity contribution in [3.8, 4) is 5.75 Å². The minimum Gasteiger partial charge on any atom is -0.493 e. The van der Waals surface area contributed by atoms with E-state index in [-0.39, 0.29) is 0 Å². The van der Waals surface area contributed by atoms with Crippen LogP contribution in [0.15, 0.2) is 24.3 Å². The minimum atomic E-state index is 0.552. The average molecular weight is 209 g/mol. The third-order valence-electron chi connectivity index (χ3n) is 2.04. The van der Waals surface area contributed by atoms with Crippen LogP contribution in [0.25, 0.3) is 0 Å². The van der Waals surface area contributed by atoms with Crippen molar-refractivity contribution in [3.63, 3.8) is 0 Å². The second kappa shape index (κ2) is 7.26. The van der Waals surface area contributed by atoms with Gasteiger partial charge in [-0.3, -0.25) is 0 Å². The van der Waals surface area contributed by atoms with E-state index >= 15 is 0 Å². The molecule has 1 rings (SSSR count). The van der Waals surface area contributed by atoms with Crippen LogP contribution in [-0.2, 0) is 11.3 Å². The topological polar surface area (TPSA) is 44.5 Å². The number of benzene rings is 1. The van der Waals surface area contributed by atoms with Crippen molar-refractivity contribution in [1.29, 1.82) is 0 Å². The van der Waals surface area contributed by atoms with Gasteiger partial charge in [0.1, 0.15) is 5.75 Å². The summed E-state index contributed by atoms with van der Waals surface area (Å²) in [5.74, 6) is 0.884.